The molecule has 1 saturated carbocycles. The number of benzene rings is 2. The number of piperidine rings is 3. The van der Waals surface area contributed by atoms with Crippen LogP contribution in [0.2, 0.25) is 0 Å². The van der Waals surface area contributed by atoms with Crippen molar-refractivity contribution in [3.63, 3.8) is 0 Å². The van der Waals surface area contributed by atoms with Gasteiger partial charge in [0.15, 0.2) is 12.9 Å². The number of carbonyl (C=O) groups is 1. The Hall–Kier alpha value is -2.50. The molecule has 0 aromatic heterocycles. The Morgan fingerprint density at radius 1 is 1.08 bits per heavy atom. The molecule has 4 aliphatic heterocycles. The van der Waals surface area contributed by atoms with Gasteiger partial charge in [-0.1, -0.05) is 49.6 Å². The largest absolute Gasteiger partial charge is 0.756 e. The van der Waals surface area contributed by atoms with Crippen molar-refractivity contribution in [2.24, 2.45) is 11.8 Å². The van der Waals surface area contributed by atoms with Crippen molar-refractivity contribution in [2.45, 2.75) is 102 Å². The lowest BCUT2D eigenvalue weighted by molar-refractivity contribution is -0.958. The normalized spacial score (nSPS) is 27.6. The summed E-state index contributed by atoms with van der Waals surface area (Å²) in [4.78, 5) is 36.5. The minimum Gasteiger partial charge on any atom is -0.756 e. The van der Waals surface area contributed by atoms with E-state index in [1.54, 1.807) is 12.1 Å². The van der Waals surface area contributed by atoms with Crippen LogP contribution in [-0.2, 0) is 26.8 Å². The molecule has 270 valence electrons. The van der Waals surface area contributed by atoms with Crippen LogP contribution in [0.4, 0.5) is 4.79 Å². The maximum atomic E-state index is 14.1. The average Bonchev–Trinajstić information content (AvgIpc) is 3.07. The summed E-state index contributed by atoms with van der Waals surface area (Å²) in [5.74, 6) is 1.17. The highest BCUT2D eigenvalue weighted by Crippen LogP contribution is 2.44. The maximum absolute atomic E-state index is 14.1. The van der Waals surface area contributed by atoms with Gasteiger partial charge in [0.2, 0.25) is 0 Å². The van der Waals surface area contributed by atoms with Gasteiger partial charge in [-0.25, -0.2) is 4.79 Å². The molecule has 0 radical (unpaired) electrons. The second-order valence-electron chi connectivity index (χ2n) is 15.7. The number of phosphoric ester groups is 1. The van der Waals surface area contributed by atoms with Gasteiger partial charge in [-0.15, -0.1) is 0 Å². The average molecular weight is 700 g/mol. The Bertz CT molecular complexity index is 1490. The zero-order chi connectivity index (χ0) is 34.8. The van der Waals surface area contributed by atoms with Gasteiger partial charge >= 0.3 is 6.09 Å². The number of nitrogens with one attached hydrogen (secondary N) is 1. The number of β-amino-alcohol motifs (C(OH)–C–C–N with tert-alkyl or cyclic N) is 1. The second kappa shape index (κ2) is 15.0. The predicted octanol–water partition coefficient (Wildman–Crippen LogP) is 5.35. The molecule has 49 heavy (non-hydrogen) atoms. The Labute approximate surface area is 290 Å². The number of ether oxygens (including phenoxy) is 2. The molecule has 3 N–H and O–H groups in total. The summed E-state index contributed by atoms with van der Waals surface area (Å²) < 4.78 is 28.6. The first-order valence-electron chi connectivity index (χ1n) is 18.1. The van der Waals surface area contributed by atoms with E-state index in [9.17, 15) is 19.4 Å². The van der Waals surface area contributed by atoms with Crippen molar-refractivity contribution in [3.8, 4) is 5.75 Å². The fourth-order valence-corrected chi connectivity index (χ4v) is 8.83. The highest BCUT2D eigenvalue weighted by molar-refractivity contribution is 7.44. The topological polar surface area (TPSA) is 141 Å². The first-order valence-corrected chi connectivity index (χ1v) is 19.6. The van der Waals surface area contributed by atoms with Gasteiger partial charge in [0.1, 0.15) is 18.8 Å². The first-order chi connectivity index (χ1) is 23.3. The van der Waals surface area contributed by atoms with Crippen LogP contribution in [-0.4, -0.2) is 76.6 Å². The molecule has 11 nitrogen and oxygen atoms in total. The van der Waals surface area contributed by atoms with Crippen LogP contribution < -0.4 is 14.9 Å². The minimum absolute atomic E-state index is 0.0502. The molecule has 4 heterocycles. The third-order valence-corrected chi connectivity index (χ3v) is 11.6. The third kappa shape index (κ3) is 9.06. The van der Waals surface area contributed by atoms with E-state index >= 15 is 0 Å². The van der Waals surface area contributed by atoms with Crippen molar-refractivity contribution < 1.29 is 42.7 Å². The highest BCUT2D eigenvalue weighted by atomic mass is 31.2. The number of aliphatic hydroxyl groups is 1. The van der Waals surface area contributed by atoms with Crippen molar-refractivity contribution in [3.05, 3.63) is 64.7 Å². The number of amides is 1. The molecular weight excluding hydrogens is 645 g/mol. The van der Waals surface area contributed by atoms with E-state index in [0.29, 0.717) is 53.8 Å². The van der Waals surface area contributed by atoms with E-state index in [1.807, 2.05) is 31.7 Å². The number of quaternary nitrogens is 1. The molecule has 7 rings (SSSR count). The summed E-state index contributed by atoms with van der Waals surface area (Å²) in [6.07, 6.45) is 7.46. The molecule has 4 atom stereocenters. The smallest absolute Gasteiger partial charge is 0.410 e. The molecule has 5 aliphatic rings. The summed E-state index contributed by atoms with van der Waals surface area (Å²) in [6.45, 7) is 9.55. The molecule has 0 spiro atoms. The second-order valence-corrected chi connectivity index (χ2v) is 16.9. The Kier molecular flexibility index (Phi) is 11.1. The number of aliphatic hydroxyl groups excluding tert-OH is 1. The quantitative estimate of drug-likeness (QED) is 0.161. The van der Waals surface area contributed by atoms with Crippen LogP contribution in [0.5, 0.6) is 5.75 Å². The van der Waals surface area contributed by atoms with Crippen LogP contribution in [0.25, 0.3) is 0 Å². The van der Waals surface area contributed by atoms with E-state index < -0.39 is 20.7 Å². The molecule has 2 bridgehead atoms. The van der Waals surface area contributed by atoms with Crippen molar-refractivity contribution in [1.82, 2.24) is 10.2 Å². The van der Waals surface area contributed by atoms with E-state index in [1.165, 1.54) is 30.4 Å². The highest BCUT2D eigenvalue weighted by Gasteiger charge is 2.49. The van der Waals surface area contributed by atoms with E-state index in [4.69, 9.17) is 14.4 Å². The number of hydrogen-bond acceptors (Lipinski definition) is 8. The lowest BCUT2D eigenvalue weighted by atomic mass is 9.77. The number of fused-ring (bicyclic) bond motifs is 4. The number of nitrogens with zero attached hydrogens (tertiary/aromatic N) is 2. The van der Waals surface area contributed by atoms with Gasteiger partial charge in [-0.2, -0.15) is 0 Å². The molecular formula is C37H54N3O8P. The Balaban J connectivity index is 1.19. The van der Waals surface area contributed by atoms with E-state index in [0.717, 1.165) is 50.8 Å². The third-order valence-electron chi connectivity index (χ3n) is 11.2. The molecule has 2 aromatic carbocycles. The van der Waals surface area contributed by atoms with Gasteiger partial charge in [-0.05, 0) is 74.8 Å². The number of carbonyl (C=O) groups excluding carboxylic acids is 1. The fraction of sp³-hybridized carbons (Fsp3) is 0.649. The zero-order valence-electron chi connectivity index (χ0n) is 29.2. The molecule has 4 unspecified atom stereocenters. The fourth-order valence-electron chi connectivity index (χ4n) is 8.64. The standard InChI is InChI=1S/C37H54N3O8P/c1-37(2,3)38-22-32(41)29-13-14-33(46-25-47-49(43,44)45)30(21-29)23-40-19-16-27(17-20-40)34(24-40)48-36(42)39-18-15-26-9-7-8-12-31(26)35(39)28-10-5-4-6-11-28/h7-9,12-14,21,27-28,32,34-35,38,41H,4-6,10-11,15-20,22-25H2,1-3H3,(H-,43,44,45). The van der Waals surface area contributed by atoms with Crippen LogP contribution in [0.15, 0.2) is 42.5 Å². The van der Waals surface area contributed by atoms with E-state index in [2.05, 4.69) is 34.1 Å². The predicted molar refractivity (Wildman–Crippen MR) is 183 cm³/mol. The minimum atomic E-state index is -4.96. The monoisotopic (exact) mass is 699 g/mol. The van der Waals surface area contributed by atoms with Crippen molar-refractivity contribution in [2.75, 3.05) is 39.5 Å². The summed E-state index contributed by atoms with van der Waals surface area (Å²) in [5.41, 5.74) is 3.96. The number of hydrogen-bond donors (Lipinski definition) is 3. The van der Waals surface area contributed by atoms with E-state index in [-0.39, 0.29) is 23.8 Å². The van der Waals surface area contributed by atoms with Gasteiger partial charge in [0.05, 0.1) is 25.2 Å². The zero-order valence-corrected chi connectivity index (χ0v) is 30.1. The summed E-state index contributed by atoms with van der Waals surface area (Å²) in [6, 6.07) is 14.0. The first kappa shape index (κ1) is 36.3. The molecule has 4 fully saturated rings. The Morgan fingerprint density at radius 2 is 1.82 bits per heavy atom. The SMILES string of the molecule is CC(C)(C)NCC(O)c1ccc(OCOP(=O)([O-])O)c(C[N+]23CCC(CC2)C(OC(=O)N2CCc4ccccc4C2C2CCCCC2)C3)c1. The number of rotatable bonds is 11. The van der Waals surface area contributed by atoms with Crippen LogP contribution in [0.1, 0.15) is 100 Å². The molecule has 12 heteroatoms. The summed E-state index contributed by atoms with van der Waals surface area (Å²) in [7, 11) is -4.96. The molecule has 1 amide bonds. The lowest BCUT2D eigenvalue weighted by Crippen LogP contribution is -2.64. The summed E-state index contributed by atoms with van der Waals surface area (Å²) in [5, 5.41) is 14.4. The summed E-state index contributed by atoms with van der Waals surface area (Å²) >= 11 is 0. The van der Waals surface area contributed by atoms with Gasteiger partial charge in [0.25, 0.3) is 7.82 Å². The molecule has 2 aromatic rings. The van der Waals surface area contributed by atoms with Gasteiger partial charge in [0, 0.05) is 43.0 Å². The van der Waals surface area contributed by atoms with Crippen molar-refractivity contribution in [1.29, 1.82) is 0 Å². The van der Waals surface area contributed by atoms with Crippen LogP contribution in [0, 0.1) is 11.8 Å². The molecule has 3 saturated heterocycles. The van der Waals surface area contributed by atoms with Crippen LogP contribution in [0.3, 0.4) is 0 Å². The molecule has 1 aliphatic carbocycles. The maximum Gasteiger partial charge on any atom is 0.410 e. The van der Waals surface area contributed by atoms with Gasteiger partial charge in [-0.3, -0.25) is 9.09 Å². The number of phosphoric acid groups is 1. The van der Waals surface area contributed by atoms with Crippen molar-refractivity contribution >= 4 is 13.9 Å². The lowest BCUT2D eigenvalue weighted by Gasteiger charge is -2.52. The van der Waals surface area contributed by atoms with Gasteiger partial charge < -0.3 is 39.1 Å². The van der Waals surface area contributed by atoms with Crippen LogP contribution >= 0.6 is 7.82 Å². The Morgan fingerprint density at radius 3 is 2.53 bits per heavy atom.